The average molecular weight is 488 g/mol. The van der Waals surface area contributed by atoms with Crippen molar-refractivity contribution < 1.29 is 35.9 Å². The standard InChI is InChI=1S/C21H24F3N3O5S/c1-14-11-27(12-15(2)32-14)33(29,30)18-7-3-5-16(9-18)19(28)26-10-17-6-4-8-25-20(17)31-13-21(22,23)24/h3-9,14-15H,10-13H2,1-2H3,(H,26,28). The Balaban J connectivity index is 1.71. The largest absolute Gasteiger partial charge is 0.468 e. The first-order valence-corrected chi connectivity index (χ1v) is 11.6. The van der Waals surface area contributed by atoms with E-state index in [1.54, 1.807) is 13.8 Å². The minimum absolute atomic E-state index is 0.0352. The minimum Gasteiger partial charge on any atom is -0.468 e. The second-order valence-electron chi connectivity index (χ2n) is 7.66. The molecule has 0 bridgehead atoms. The third kappa shape index (κ3) is 6.65. The molecule has 1 aliphatic heterocycles. The van der Waals surface area contributed by atoms with E-state index in [4.69, 9.17) is 9.47 Å². The molecule has 180 valence electrons. The Labute approximate surface area is 189 Å². The number of hydrogen-bond donors (Lipinski definition) is 1. The number of nitrogens with zero attached hydrogens (tertiary/aromatic N) is 2. The van der Waals surface area contributed by atoms with Crippen molar-refractivity contribution in [2.75, 3.05) is 19.7 Å². The molecule has 8 nitrogen and oxygen atoms in total. The van der Waals surface area contributed by atoms with Gasteiger partial charge in [0.25, 0.3) is 5.91 Å². The van der Waals surface area contributed by atoms with E-state index in [1.165, 1.54) is 46.9 Å². The summed E-state index contributed by atoms with van der Waals surface area (Å²) in [5, 5.41) is 2.56. The molecule has 2 atom stereocenters. The van der Waals surface area contributed by atoms with Crippen molar-refractivity contribution in [1.82, 2.24) is 14.6 Å². The van der Waals surface area contributed by atoms with Crippen molar-refractivity contribution in [3.05, 3.63) is 53.7 Å². The number of alkyl halides is 3. The summed E-state index contributed by atoms with van der Waals surface area (Å²) in [5.74, 6) is -0.844. The van der Waals surface area contributed by atoms with Crippen LogP contribution in [0.3, 0.4) is 0 Å². The van der Waals surface area contributed by atoms with E-state index in [2.05, 4.69) is 10.3 Å². The lowest BCUT2D eigenvalue weighted by molar-refractivity contribution is -0.154. The number of hydrogen-bond acceptors (Lipinski definition) is 6. The van der Waals surface area contributed by atoms with Crippen LogP contribution in [0.1, 0.15) is 29.8 Å². The van der Waals surface area contributed by atoms with E-state index in [0.717, 1.165) is 0 Å². The van der Waals surface area contributed by atoms with Crippen LogP contribution >= 0.6 is 0 Å². The summed E-state index contributed by atoms with van der Waals surface area (Å²) in [5.41, 5.74) is 0.335. The van der Waals surface area contributed by atoms with Crippen LogP contribution in [0.4, 0.5) is 13.2 Å². The van der Waals surface area contributed by atoms with Crippen molar-refractivity contribution in [2.45, 2.75) is 43.7 Å². The van der Waals surface area contributed by atoms with Crippen LogP contribution in [0.25, 0.3) is 0 Å². The van der Waals surface area contributed by atoms with E-state index in [0.29, 0.717) is 0 Å². The van der Waals surface area contributed by atoms with Gasteiger partial charge in [0.2, 0.25) is 15.9 Å². The van der Waals surface area contributed by atoms with E-state index in [1.807, 2.05) is 0 Å². The molecule has 0 aliphatic carbocycles. The molecule has 0 radical (unpaired) electrons. The van der Waals surface area contributed by atoms with Crippen LogP contribution in [0, 0.1) is 0 Å². The lowest BCUT2D eigenvalue weighted by Crippen LogP contribution is -2.48. The van der Waals surface area contributed by atoms with Gasteiger partial charge in [-0.2, -0.15) is 17.5 Å². The third-order valence-electron chi connectivity index (χ3n) is 4.78. The highest BCUT2D eigenvalue weighted by atomic mass is 32.2. The molecule has 2 heterocycles. The summed E-state index contributed by atoms with van der Waals surface area (Å²) in [6.07, 6.45) is -3.77. The first kappa shape index (κ1) is 24.9. The summed E-state index contributed by atoms with van der Waals surface area (Å²) in [6.45, 7) is 2.30. The van der Waals surface area contributed by atoms with Gasteiger partial charge in [-0.25, -0.2) is 13.4 Å². The van der Waals surface area contributed by atoms with Gasteiger partial charge in [0.1, 0.15) is 0 Å². The van der Waals surface area contributed by atoms with Gasteiger partial charge >= 0.3 is 6.18 Å². The molecule has 1 aromatic heterocycles. The zero-order chi connectivity index (χ0) is 24.2. The topological polar surface area (TPSA) is 97.8 Å². The van der Waals surface area contributed by atoms with Gasteiger partial charge in [0.15, 0.2) is 6.61 Å². The van der Waals surface area contributed by atoms with E-state index < -0.39 is 28.7 Å². The lowest BCUT2D eigenvalue weighted by atomic mass is 10.2. The predicted octanol–water partition coefficient (Wildman–Crippen LogP) is 2.75. The van der Waals surface area contributed by atoms with E-state index >= 15 is 0 Å². The number of carbonyl (C=O) groups is 1. The molecule has 0 saturated carbocycles. The minimum atomic E-state index is -4.53. The number of carbonyl (C=O) groups excluding carboxylic acids is 1. The molecular formula is C21H24F3N3O5S. The van der Waals surface area contributed by atoms with Gasteiger partial charge in [0, 0.05) is 37.0 Å². The number of sulfonamides is 1. The smallest absolute Gasteiger partial charge is 0.422 e. The maximum Gasteiger partial charge on any atom is 0.422 e. The molecule has 3 rings (SSSR count). The molecule has 1 amide bonds. The average Bonchev–Trinajstić information content (AvgIpc) is 2.75. The maximum atomic E-state index is 13.1. The number of ether oxygens (including phenoxy) is 2. The third-order valence-corrected chi connectivity index (χ3v) is 6.61. The van der Waals surface area contributed by atoms with Gasteiger partial charge in [-0.3, -0.25) is 4.79 Å². The van der Waals surface area contributed by atoms with Crippen LogP contribution in [-0.4, -0.2) is 61.7 Å². The lowest BCUT2D eigenvalue weighted by Gasteiger charge is -2.34. The second kappa shape index (κ2) is 10.1. The quantitative estimate of drug-likeness (QED) is 0.645. The molecule has 33 heavy (non-hydrogen) atoms. The Hall–Kier alpha value is -2.70. The van der Waals surface area contributed by atoms with Crippen LogP contribution < -0.4 is 10.1 Å². The van der Waals surface area contributed by atoms with Crippen molar-refractivity contribution in [1.29, 1.82) is 0 Å². The fourth-order valence-electron chi connectivity index (χ4n) is 3.39. The summed E-state index contributed by atoms with van der Waals surface area (Å²) >= 11 is 0. The molecule has 1 fully saturated rings. The second-order valence-corrected chi connectivity index (χ2v) is 9.60. The molecule has 0 spiro atoms. The van der Waals surface area contributed by atoms with Crippen molar-refractivity contribution >= 4 is 15.9 Å². The first-order valence-electron chi connectivity index (χ1n) is 10.1. The van der Waals surface area contributed by atoms with Gasteiger partial charge in [-0.05, 0) is 38.1 Å². The van der Waals surface area contributed by atoms with Gasteiger partial charge in [-0.1, -0.05) is 12.1 Å². The first-order chi connectivity index (χ1) is 15.5. The zero-order valence-corrected chi connectivity index (χ0v) is 18.8. The highest BCUT2D eigenvalue weighted by Gasteiger charge is 2.32. The number of morpholine rings is 1. The van der Waals surface area contributed by atoms with Crippen LogP contribution in [0.5, 0.6) is 5.88 Å². The van der Waals surface area contributed by atoms with E-state index in [-0.39, 0.29) is 53.7 Å². The molecule has 1 aliphatic rings. The fraction of sp³-hybridized carbons (Fsp3) is 0.429. The highest BCUT2D eigenvalue weighted by Crippen LogP contribution is 2.23. The molecule has 2 aromatic rings. The van der Waals surface area contributed by atoms with Gasteiger partial charge in [-0.15, -0.1) is 0 Å². The molecular weight excluding hydrogens is 463 g/mol. The number of benzene rings is 1. The summed E-state index contributed by atoms with van der Waals surface area (Å²) < 4.78 is 75.0. The number of aromatic nitrogens is 1. The number of nitrogens with one attached hydrogen (secondary N) is 1. The van der Waals surface area contributed by atoms with Crippen LogP contribution in [-0.2, 0) is 21.3 Å². The van der Waals surface area contributed by atoms with Crippen molar-refractivity contribution in [3.63, 3.8) is 0 Å². The number of pyridine rings is 1. The summed E-state index contributed by atoms with van der Waals surface area (Å²) in [7, 11) is -3.84. The molecule has 1 aromatic carbocycles. The van der Waals surface area contributed by atoms with Crippen LogP contribution in [0.2, 0.25) is 0 Å². The summed E-state index contributed by atoms with van der Waals surface area (Å²) in [6, 6.07) is 8.54. The highest BCUT2D eigenvalue weighted by molar-refractivity contribution is 7.89. The Morgan fingerprint density at radius 2 is 1.91 bits per heavy atom. The van der Waals surface area contributed by atoms with E-state index in [9.17, 15) is 26.4 Å². The van der Waals surface area contributed by atoms with Crippen molar-refractivity contribution in [2.24, 2.45) is 0 Å². The Bertz CT molecular complexity index is 1080. The Morgan fingerprint density at radius 3 is 2.58 bits per heavy atom. The molecule has 1 N–H and O–H groups in total. The number of rotatable bonds is 7. The number of halogens is 3. The predicted molar refractivity (Wildman–Crippen MR) is 112 cm³/mol. The fourth-order valence-corrected chi connectivity index (χ4v) is 5.03. The Kier molecular flexibility index (Phi) is 7.60. The molecule has 2 unspecified atom stereocenters. The summed E-state index contributed by atoms with van der Waals surface area (Å²) in [4.78, 5) is 16.4. The molecule has 1 saturated heterocycles. The van der Waals surface area contributed by atoms with Gasteiger partial charge < -0.3 is 14.8 Å². The Morgan fingerprint density at radius 1 is 1.21 bits per heavy atom. The van der Waals surface area contributed by atoms with Crippen LogP contribution in [0.15, 0.2) is 47.5 Å². The zero-order valence-electron chi connectivity index (χ0n) is 18.0. The SMILES string of the molecule is CC1CN(S(=O)(=O)c2cccc(C(=O)NCc3cccnc3OCC(F)(F)F)c2)CC(C)O1. The van der Waals surface area contributed by atoms with Gasteiger partial charge in [0.05, 0.1) is 17.1 Å². The molecule has 12 heteroatoms. The monoisotopic (exact) mass is 487 g/mol. The normalized spacial score (nSPS) is 19.8. The van der Waals surface area contributed by atoms with Crippen molar-refractivity contribution in [3.8, 4) is 5.88 Å². The maximum absolute atomic E-state index is 13.1. The number of amides is 1.